The number of rotatable bonds is 4. The number of hydrogen-bond donors (Lipinski definition) is 1. The predicted octanol–water partition coefficient (Wildman–Crippen LogP) is 1.99. The van der Waals surface area contributed by atoms with E-state index in [1.807, 2.05) is 6.92 Å². The smallest absolute Gasteiger partial charge is 0.328 e. The average Bonchev–Trinajstić information content (AvgIpc) is 2.94. The number of furan rings is 1. The van der Waals surface area contributed by atoms with Crippen LogP contribution in [0.4, 0.5) is 0 Å². The molecule has 0 atom stereocenters. The summed E-state index contributed by atoms with van der Waals surface area (Å²) in [4.78, 5) is 10.3. The summed E-state index contributed by atoms with van der Waals surface area (Å²) >= 11 is 0. The number of aryl methyl sites for hydroxylation is 1. The molecule has 0 fully saturated rings. The van der Waals surface area contributed by atoms with Crippen LogP contribution in [0.25, 0.3) is 17.5 Å². The Morgan fingerprint density at radius 1 is 1.53 bits per heavy atom. The van der Waals surface area contributed by atoms with E-state index in [4.69, 9.17) is 13.9 Å². The molecule has 0 aliphatic carbocycles. The molecule has 0 spiro atoms. The molecule has 0 unspecified atom stereocenters. The van der Waals surface area contributed by atoms with Crippen molar-refractivity contribution < 1.29 is 18.7 Å². The van der Waals surface area contributed by atoms with Crippen LogP contribution in [-0.4, -0.2) is 21.3 Å². The van der Waals surface area contributed by atoms with Crippen LogP contribution in [0.5, 0.6) is 0 Å². The third-order valence-electron chi connectivity index (χ3n) is 2.11. The standard InChI is InChI=1S/C11H10N2O4/c1-2-8-7(5-6-16-8)11-13-12-9(17-11)3-4-10(14)15/h3-6H,2H2,1H3,(H,14,15)/b4-3+. The van der Waals surface area contributed by atoms with Gasteiger partial charge in [0.25, 0.3) is 5.89 Å². The summed E-state index contributed by atoms with van der Waals surface area (Å²) in [6, 6.07) is 1.73. The first-order chi connectivity index (χ1) is 8.20. The summed E-state index contributed by atoms with van der Waals surface area (Å²) in [5, 5.41) is 16.0. The van der Waals surface area contributed by atoms with Crippen LogP contribution < -0.4 is 0 Å². The Morgan fingerprint density at radius 2 is 2.35 bits per heavy atom. The van der Waals surface area contributed by atoms with Gasteiger partial charge in [0, 0.05) is 18.6 Å². The van der Waals surface area contributed by atoms with E-state index in [9.17, 15) is 4.79 Å². The molecule has 0 saturated heterocycles. The maximum atomic E-state index is 10.3. The van der Waals surface area contributed by atoms with Crippen molar-refractivity contribution in [2.24, 2.45) is 0 Å². The predicted molar refractivity (Wildman–Crippen MR) is 58.0 cm³/mol. The van der Waals surface area contributed by atoms with E-state index < -0.39 is 5.97 Å². The molecule has 6 nitrogen and oxygen atoms in total. The Balaban J connectivity index is 2.27. The molecule has 2 heterocycles. The maximum absolute atomic E-state index is 10.3. The number of nitrogens with zero attached hydrogens (tertiary/aromatic N) is 2. The van der Waals surface area contributed by atoms with Crippen molar-refractivity contribution in [1.29, 1.82) is 0 Å². The van der Waals surface area contributed by atoms with Crippen molar-refractivity contribution in [2.75, 3.05) is 0 Å². The Bertz CT molecular complexity index is 553. The minimum Gasteiger partial charge on any atom is -0.478 e. The number of aromatic nitrogens is 2. The largest absolute Gasteiger partial charge is 0.478 e. The molecule has 88 valence electrons. The van der Waals surface area contributed by atoms with E-state index in [0.29, 0.717) is 12.3 Å². The first-order valence-corrected chi connectivity index (χ1v) is 5.02. The minimum atomic E-state index is -1.07. The summed E-state index contributed by atoms with van der Waals surface area (Å²) < 4.78 is 10.5. The lowest BCUT2D eigenvalue weighted by molar-refractivity contribution is -0.131. The van der Waals surface area contributed by atoms with Crippen molar-refractivity contribution in [3.63, 3.8) is 0 Å². The summed E-state index contributed by atoms with van der Waals surface area (Å²) in [5.74, 6) is 0.149. The normalized spacial score (nSPS) is 11.1. The van der Waals surface area contributed by atoms with Gasteiger partial charge in [0.2, 0.25) is 5.89 Å². The zero-order valence-corrected chi connectivity index (χ0v) is 9.08. The number of carboxylic acids is 1. The Morgan fingerprint density at radius 3 is 3.06 bits per heavy atom. The van der Waals surface area contributed by atoms with Gasteiger partial charge in [-0.15, -0.1) is 10.2 Å². The summed E-state index contributed by atoms with van der Waals surface area (Å²) in [7, 11) is 0. The molecule has 0 aliphatic heterocycles. The lowest BCUT2D eigenvalue weighted by Crippen LogP contribution is -1.85. The van der Waals surface area contributed by atoms with Gasteiger partial charge in [0.15, 0.2) is 0 Å². The van der Waals surface area contributed by atoms with E-state index in [1.165, 1.54) is 6.08 Å². The second kappa shape index (κ2) is 4.65. The minimum absolute atomic E-state index is 0.144. The fraction of sp³-hybridized carbons (Fsp3) is 0.182. The van der Waals surface area contributed by atoms with E-state index in [1.54, 1.807) is 12.3 Å². The second-order valence-corrected chi connectivity index (χ2v) is 3.23. The number of carboxylic acid groups (broad SMARTS) is 1. The van der Waals surface area contributed by atoms with Crippen LogP contribution in [0, 0.1) is 0 Å². The summed E-state index contributed by atoms with van der Waals surface area (Å²) in [6.07, 6.45) is 4.44. The molecule has 1 N–H and O–H groups in total. The average molecular weight is 234 g/mol. The van der Waals surface area contributed by atoms with E-state index in [-0.39, 0.29) is 5.89 Å². The number of aliphatic carboxylic acids is 1. The van der Waals surface area contributed by atoms with Crippen molar-refractivity contribution >= 4 is 12.0 Å². The molecular weight excluding hydrogens is 224 g/mol. The number of carbonyl (C=O) groups is 1. The zero-order chi connectivity index (χ0) is 12.3. The molecule has 17 heavy (non-hydrogen) atoms. The van der Waals surface area contributed by atoms with Gasteiger partial charge in [0.1, 0.15) is 5.76 Å². The fourth-order valence-electron chi connectivity index (χ4n) is 1.36. The molecule has 6 heteroatoms. The SMILES string of the molecule is CCc1occc1-c1nnc(/C=C/C(=O)O)o1. The third kappa shape index (κ3) is 2.41. The molecule has 2 aromatic rings. The molecule has 0 bridgehead atoms. The van der Waals surface area contributed by atoms with Gasteiger partial charge in [-0.05, 0) is 6.07 Å². The first-order valence-electron chi connectivity index (χ1n) is 5.02. The van der Waals surface area contributed by atoms with Crippen LogP contribution in [0.15, 0.2) is 27.2 Å². The Hall–Kier alpha value is -2.37. The van der Waals surface area contributed by atoms with E-state index in [0.717, 1.165) is 17.4 Å². The summed E-state index contributed by atoms with van der Waals surface area (Å²) in [5.41, 5.74) is 0.731. The van der Waals surface area contributed by atoms with Crippen molar-refractivity contribution in [3.8, 4) is 11.5 Å². The van der Waals surface area contributed by atoms with Gasteiger partial charge in [-0.3, -0.25) is 0 Å². The third-order valence-corrected chi connectivity index (χ3v) is 2.11. The molecule has 0 radical (unpaired) electrons. The van der Waals surface area contributed by atoms with Crippen LogP contribution in [0.2, 0.25) is 0 Å². The fourth-order valence-corrected chi connectivity index (χ4v) is 1.36. The quantitative estimate of drug-likeness (QED) is 0.813. The van der Waals surface area contributed by atoms with Gasteiger partial charge in [-0.1, -0.05) is 6.92 Å². The zero-order valence-electron chi connectivity index (χ0n) is 9.08. The molecule has 2 rings (SSSR count). The van der Waals surface area contributed by atoms with Gasteiger partial charge in [-0.2, -0.15) is 0 Å². The molecule has 0 saturated carbocycles. The van der Waals surface area contributed by atoms with Gasteiger partial charge < -0.3 is 13.9 Å². The van der Waals surface area contributed by atoms with Crippen LogP contribution in [0.1, 0.15) is 18.6 Å². The summed E-state index contributed by atoms with van der Waals surface area (Å²) in [6.45, 7) is 1.95. The lowest BCUT2D eigenvalue weighted by atomic mass is 10.2. The van der Waals surface area contributed by atoms with Gasteiger partial charge >= 0.3 is 5.97 Å². The van der Waals surface area contributed by atoms with Gasteiger partial charge in [0.05, 0.1) is 11.8 Å². The highest BCUT2D eigenvalue weighted by molar-refractivity contribution is 5.84. The Kier molecular flexibility index (Phi) is 3.04. The molecule has 0 aromatic carbocycles. The van der Waals surface area contributed by atoms with E-state index >= 15 is 0 Å². The maximum Gasteiger partial charge on any atom is 0.328 e. The molecular formula is C11H10N2O4. The molecule has 0 amide bonds. The van der Waals surface area contributed by atoms with Crippen molar-refractivity contribution in [3.05, 3.63) is 30.1 Å². The first kappa shape index (κ1) is 11.1. The lowest BCUT2D eigenvalue weighted by Gasteiger charge is -1.92. The highest BCUT2D eigenvalue weighted by Crippen LogP contribution is 2.24. The highest BCUT2D eigenvalue weighted by Gasteiger charge is 2.13. The van der Waals surface area contributed by atoms with Crippen LogP contribution >= 0.6 is 0 Å². The van der Waals surface area contributed by atoms with Crippen LogP contribution in [-0.2, 0) is 11.2 Å². The van der Waals surface area contributed by atoms with Crippen molar-refractivity contribution in [1.82, 2.24) is 10.2 Å². The number of hydrogen-bond acceptors (Lipinski definition) is 5. The molecule has 2 aromatic heterocycles. The van der Waals surface area contributed by atoms with Crippen LogP contribution in [0.3, 0.4) is 0 Å². The van der Waals surface area contributed by atoms with E-state index in [2.05, 4.69) is 10.2 Å². The topological polar surface area (TPSA) is 89.4 Å². The molecule has 0 aliphatic rings. The monoisotopic (exact) mass is 234 g/mol. The highest BCUT2D eigenvalue weighted by atomic mass is 16.4. The van der Waals surface area contributed by atoms with Gasteiger partial charge in [-0.25, -0.2) is 4.79 Å². The Labute approximate surface area is 96.6 Å². The van der Waals surface area contributed by atoms with Crippen molar-refractivity contribution in [2.45, 2.75) is 13.3 Å². The second-order valence-electron chi connectivity index (χ2n) is 3.23.